The van der Waals surface area contributed by atoms with Crippen LogP contribution in [0, 0.1) is 17.8 Å². The molecule has 1 aromatic carbocycles. The number of likely N-dealkylation sites (tertiary alicyclic amines) is 1. The fourth-order valence-corrected chi connectivity index (χ4v) is 7.00. The highest BCUT2D eigenvalue weighted by Gasteiger charge is 2.80. The maximum absolute atomic E-state index is 14.4. The summed E-state index contributed by atoms with van der Waals surface area (Å²) in [5.74, 6) is -2.45. The second-order valence-corrected chi connectivity index (χ2v) is 11.2. The summed E-state index contributed by atoms with van der Waals surface area (Å²) in [4.78, 5) is 47.2. The Labute approximate surface area is 229 Å². The van der Waals surface area contributed by atoms with Crippen molar-refractivity contribution in [2.24, 2.45) is 17.8 Å². The zero-order chi connectivity index (χ0) is 27.8. The minimum atomic E-state index is -1.18. The van der Waals surface area contributed by atoms with E-state index in [-0.39, 0.29) is 43.3 Å². The van der Waals surface area contributed by atoms with E-state index >= 15 is 0 Å². The Morgan fingerprint density at radius 2 is 1.87 bits per heavy atom. The summed E-state index contributed by atoms with van der Waals surface area (Å²) < 4.78 is 6.78. The molecule has 9 heteroatoms. The van der Waals surface area contributed by atoms with Crippen molar-refractivity contribution < 1.29 is 24.2 Å². The van der Waals surface area contributed by atoms with Crippen LogP contribution in [0.2, 0.25) is 5.02 Å². The predicted octanol–water partition coefficient (Wildman–Crippen LogP) is 3.29. The number of ether oxygens (including phenoxy) is 1. The minimum Gasteiger partial charge on any atom is -0.395 e. The summed E-state index contributed by atoms with van der Waals surface area (Å²) in [5, 5.41) is 10.4. The van der Waals surface area contributed by atoms with Crippen LogP contribution in [0.4, 0.5) is 5.69 Å². The number of rotatable bonds is 11. The van der Waals surface area contributed by atoms with Crippen LogP contribution in [0.5, 0.6) is 0 Å². The van der Waals surface area contributed by atoms with Gasteiger partial charge in [-0.2, -0.15) is 0 Å². The van der Waals surface area contributed by atoms with Gasteiger partial charge < -0.3 is 24.5 Å². The summed E-state index contributed by atoms with van der Waals surface area (Å²) in [6.07, 6.45) is 4.53. The number of fused-ring (bicyclic) bond motifs is 1. The van der Waals surface area contributed by atoms with E-state index < -0.39 is 29.1 Å². The van der Waals surface area contributed by atoms with E-state index in [0.29, 0.717) is 30.2 Å². The molecule has 3 aliphatic heterocycles. The van der Waals surface area contributed by atoms with Crippen LogP contribution in [-0.2, 0) is 19.1 Å². The van der Waals surface area contributed by atoms with E-state index in [0.717, 1.165) is 6.42 Å². The first-order chi connectivity index (χ1) is 18.1. The van der Waals surface area contributed by atoms with E-state index in [2.05, 4.69) is 13.2 Å². The molecule has 8 nitrogen and oxygen atoms in total. The van der Waals surface area contributed by atoms with Crippen LogP contribution in [0.1, 0.15) is 33.6 Å². The predicted molar refractivity (Wildman–Crippen MR) is 147 cm³/mol. The monoisotopic (exact) mass is 543 g/mol. The van der Waals surface area contributed by atoms with Gasteiger partial charge in [-0.3, -0.25) is 14.4 Å². The molecule has 0 saturated carbocycles. The highest BCUT2D eigenvalue weighted by atomic mass is 35.5. The van der Waals surface area contributed by atoms with E-state index in [1.54, 1.807) is 46.2 Å². The maximum Gasteiger partial charge on any atom is 0.253 e. The first-order valence-corrected chi connectivity index (χ1v) is 13.7. The summed E-state index contributed by atoms with van der Waals surface area (Å²) in [5.41, 5.74) is -1.48. The first-order valence-electron chi connectivity index (χ1n) is 13.3. The Balaban J connectivity index is 1.81. The number of hydrogen-bond donors (Lipinski definition) is 1. The molecular formula is C29H38ClN3O5. The maximum atomic E-state index is 14.4. The van der Waals surface area contributed by atoms with E-state index in [4.69, 9.17) is 16.3 Å². The van der Waals surface area contributed by atoms with Crippen molar-refractivity contribution in [2.75, 3.05) is 37.7 Å². The van der Waals surface area contributed by atoms with Crippen molar-refractivity contribution in [3.8, 4) is 0 Å². The molecule has 3 fully saturated rings. The highest BCUT2D eigenvalue weighted by Crippen LogP contribution is 2.65. The molecule has 1 spiro atoms. The van der Waals surface area contributed by atoms with Gasteiger partial charge in [-0.15, -0.1) is 13.2 Å². The lowest BCUT2D eigenvalue weighted by atomic mass is 9.62. The molecule has 1 aromatic rings. The number of amides is 3. The number of aliphatic hydroxyl groups excluding tert-OH is 1. The molecule has 0 radical (unpaired) electrons. The highest BCUT2D eigenvalue weighted by molar-refractivity contribution is 6.30. The topological polar surface area (TPSA) is 90.4 Å². The average molecular weight is 544 g/mol. The molecule has 3 aliphatic rings. The Hall–Kier alpha value is -2.68. The SMILES string of the molecule is C=CCN(CCC)C(=O)[C@H]1[C@H]2C(=O)N(CCO)C(C(=O)N(CC=C)c3ccc(Cl)cc3)C23CC(C)[C@]1(C)O3. The average Bonchev–Trinajstić information content (AvgIpc) is 3.39. The van der Waals surface area contributed by atoms with E-state index in [9.17, 15) is 19.5 Å². The lowest BCUT2D eigenvalue weighted by Crippen LogP contribution is -2.57. The number of benzene rings is 1. The molecule has 0 aliphatic carbocycles. The van der Waals surface area contributed by atoms with Gasteiger partial charge in [-0.25, -0.2) is 0 Å². The van der Waals surface area contributed by atoms with Gasteiger partial charge >= 0.3 is 0 Å². The zero-order valence-electron chi connectivity index (χ0n) is 22.4. The van der Waals surface area contributed by atoms with Crippen molar-refractivity contribution in [3.63, 3.8) is 0 Å². The van der Waals surface area contributed by atoms with E-state index in [1.807, 2.05) is 20.8 Å². The van der Waals surface area contributed by atoms with Gasteiger partial charge in [0.05, 0.1) is 24.0 Å². The molecule has 3 amide bonds. The number of aliphatic hydroxyl groups is 1. The van der Waals surface area contributed by atoms with Crippen molar-refractivity contribution >= 4 is 35.0 Å². The largest absolute Gasteiger partial charge is 0.395 e. The van der Waals surface area contributed by atoms with Crippen LogP contribution >= 0.6 is 11.6 Å². The van der Waals surface area contributed by atoms with Crippen LogP contribution < -0.4 is 4.90 Å². The molecule has 1 N–H and O–H groups in total. The van der Waals surface area contributed by atoms with Gasteiger partial charge in [0.1, 0.15) is 11.6 Å². The summed E-state index contributed by atoms with van der Waals surface area (Å²) in [7, 11) is 0. The van der Waals surface area contributed by atoms with Crippen molar-refractivity contribution in [1.82, 2.24) is 9.80 Å². The number of halogens is 1. The third-order valence-electron chi connectivity index (χ3n) is 8.53. The molecule has 6 atom stereocenters. The van der Waals surface area contributed by atoms with Crippen LogP contribution in [0.3, 0.4) is 0 Å². The van der Waals surface area contributed by atoms with Crippen molar-refractivity contribution in [1.29, 1.82) is 0 Å². The van der Waals surface area contributed by atoms with Crippen LogP contribution in [0.25, 0.3) is 0 Å². The lowest BCUT2D eigenvalue weighted by Gasteiger charge is -2.39. The minimum absolute atomic E-state index is 0.0310. The third-order valence-corrected chi connectivity index (χ3v) is 8.78. The molecule has 38 heavy (non-hydrogen) atoms. The normalized spacial score (nSPS) is 31.3. The summed E-state index contributed by atoms with van der Waals surface area (Å²) in [6.45, 7) is 14.3. The van der Waals surface area contributed by atoms with Crippen LogP contribution in [-0.4, -0.2) is 82.7 Å². The number of anilines is 1. The molecule has 2 bridgehead atoms. The molecule has 3 saturated heterocycles. The van der Waals surface area contributed by atoms with Gasteiger partial charge in [-0.1, -0.05) is 37.6 Å². The number of β-amino-alcohol motifs (C(OH)–C–C–N with tert-alkyl or cyclic N) is 1. The van der Waals surface area contributed by atoms with Gasteiger partial charge in [0.15, 0.2) is 0 Å². The Bertz CT molecular complexity index is 1110. The van der Waals surface area contributed by atoms with Gasteiger partial charge in [0, 0.05) is 36.9 Å². The fourth-order valence-electron chi connectivity index (χ4n) is 6.88. The standard InChI is InChI=1S/C29H38ClN3O5/c1-6-13-31(14-7-2)25(35)22-23-26(36)33(16-17-34)24(29(23)18-19(4)28(22,5)38-29)27(37)32(15-8-3)21-11-9-20(30)10-12-21/h6,8-12,19,22-24,34H,1,3,7,13-18H2,2,4-5H3/t19?,22-,23+,24?,28+,29?/m1/s1. The molecule has 206 valence electrons. The van der Waals surface area contributed by atoms with Gasteiger partial charge in [0.25, 0.3) is 5.91 Å². The smallest absolute Gasteiger partial charge is 0.253 e. The Morgan fingerprint density at radius 1 is 1.21 bits per heavy atom. The molecule has 3 heterocycles. The summed E-state index contributed by atoms with van der Waals surface area (Å²) >= 11 is 6.09. The van der Waals surface area contributed by atoms with E-state index in [1.165, 1.54) is 4.90 Å². The first kappa shape index (κ1) is 28.3. The zero-order valence-corrected chi connectivity index (χ0v) is 23.2. The number of carbonyl (C=O) groups excluding carboxylic acids is 3. The Morgan fingerprint density at radius 3 is 2.45 bits per heavy atom. The van der Waals surface area contributed by atoms with Crippen LogP contribution in [0.15, 0.2) is 49.6 Å². The third kappa shape index (κ3) is 4.27. The number of carbonyl (C=O) groups is 3. The second-order valence-electron chi connectivity index (χ2n) is 10.7. The molecular weight excluding hydrogens is 506 g/mol. The van der Waals surface area contributed by atoms with Crippen molar-refractivity contribution in [2.45, 2.75) is 50.9 Å². The molecule has 3 unspecified atom stereocenters. The van der Waals surface area contributed by atoms with Crippen molar-refractivity contribution in [3.05, 3.63) is 54.6 Å². The Kier molecular flexibility index (Phi) is 8.07. The molecule has 0 aromatic heterocycles. The molecule has 4 rings (SSSR count). The van der Waals surface area contributed by atoms with Gasteiger partial charge in [-0.05, 0) is 49.9 Å². The quantitative estimate of drug-likeness (QED) is 0.433. The number of nitrogens with zero attached hydrogens (tertiary/aromatic N) is 3. The van der Waals surface area contributed by atoms with Gasteiger partial charge in [0.2, 0.25) is 11.8 Å². The lowest BCUT2D eigenvalue weighted by molar-refractivity contribution is -0.151. The number of hydrogen-bond acceptors (Lipinski definition) is 5. The second kappa shape index (κ2) is 10.8. The summed E-state index contributed by atoms with van der Waals surface area (Å²) in [6, 6.07) is 5.89. The fraction of sp³-hybridized carbons (Fsp3) is 0.552.